The molecule has 0 aliphatic carbocycles. The Morgan fingerprint density at radius 1 is 0.250 bits per heavy atom. The smallest absolute Gasteiger partial charge is 0.339 e. The number of unbranched alkanes of at least 4 members (excludes halogenated alkanes) is 48. The maximum Gasteiger partial charge on any atom is 0.339 e. The van der Waals surface area contributed by atoms with Gasteiger partial charge in [0.1, 0.15) is 0 Å². The highest BCUT2D eigenvalue weighted by Crippen LogP contribution is 2.35. The van der Waals surface area contributed by atoms with E-state index in [1.165, 1.54) is 231 Å². The Hall–Kier alpha value is -3.68. The molecule has 0 N–H and O–H groups in total. The lowest BCUT2D eigenvalue weighted by Crippen LogP contribution is -2.25. The summed E-state index contributed by atoms with van der Waals surface area (Å²) < 4.78 is 24.2. The number of carbonyl (C=O) groups excluding carboxylic acids is 4. The number of ether oxygens (including phenoxy) is 4. The summed E-state index contributed by atoms with van der Waals surface area (Å²) in [6.07, 6.45) is 62.0. The lowest BCUT2D eigenvalue weighted by molar-refractivity contribution is 0.0415. The average Bonchev–Trinajstić information content (AvgIpc) is 2.50. The van der Waals surface area contributed by atoms with Crippen LogP contribution in [0.4, 0.5) is 0 Å². The van der Waals surface area contributed by atoms with E-state index in [9.17, 15) is 19.2 Å². The largest absolute Gasteiger partial charge is 0.462 e. The first-order valence-corrected chi connectivity index (χ1v) is 36.4. The quantitative estimate of drug-likeness (QED) is 0.0366. The molecule has 0 amide bonds. The molecule has 0 aliphatic rings. The van der Waals surface area contributed by atoms with Crippen molar-refractivity contribution in [2.45, 2.75) is 362 Å². The summed E-state index contributed by atoms with van der Waals surface area (Å²) in [5, 5.41) is 0. The second-order valence-corrected chi connectivity index (χ2v) is 25.0. The fourth-order valence-corrected chi connectivity index (χ4v) is 11.8. The Balaban J connectivity index is 2.32. The fraction of sp³-hybridized carbons (Fsp3) is 0.789. The minimum atomic E-state index is -0.835. The predicted molar refractivity (Wildman–Crippen MR) is 356 cm³/mol. The third-order valence-corrected chi connectivity index (χ3v) is 17.2. The van der Waals surface area contributed by atoms with Gasteiger partial charge in [0, 0.05) is 0 Å². The molecule has 0 bridgehead atoms. The minimum Gasteiger partial charge on any atom is -0.462 e. The van der Waals surface area contributed by atoms with Gasteiger partial charge >= 0.3 is 23.9 Å². The normalized spacial score (nSPS) is 11.3. The number of esters is 4. The topological polar surface area (TPSA) is 105 Å². The van der Waals surface area contributed by atoms with Crippen LogP contribution in [0.25, 0.3) is 11.1 Å². The summed E-state index contributed by atoms with van der Waals surface area (Å²) in [6, 6.07) is 10.8. The Morgan fingerprint density at radius 3 is 0.726 bits per heavy atom. The summed E-state index contributed by atoms with van der Waals surface area (Å²) in [5.74, 6) is -3.12. The molecule has 0 atom stereocenters. The van der Waals surface area contributed by atoms with Crippen molar-refractivity contribution in [1.82, 2.24) is 0 Å². The number of rotatable bonds is 61. The maximum absolute atomic E-state index is 14.9. The second kappa shape index (κ2) is 57.1. The van der Waals surface area contributed by atoms with Gasteiger partial charge in [0.05, 0.1) is 48.7 Å². The van der Waals surface area contributed by atoms with Gasteiger partial charge in [-0.3, -0.25) is 0 Å². The molecule has 0 heterocycles. The fourth-order valence-electron chi connectivity index (χ4n) is 11.8. The standard InChI is InChI=1S/C76H130O8/c1-5-9-13-17-21-25-29-33-37-41-45-49-56-62-81-73(77)69-66-68(67-60-54-53-55-61-67)70(74(78)82-63-57-50-46-42-38-34-30-26-22-18-14-10-6-2)72(76(80)84-65-59-52-48-44-40-36-32-28-24-20-16-12-8-4)71(69)75(79)83-64-58-51-47-43-39-35-31-27-23-19-15-11-7-3/h53-55,60-61,66H,5-52,56-59,62-65H2,1-4H3. The maximum atomic E-state index is 14.9. The minimum absolute atomic E-state index is 0.0767. The Labute approximate surface area is 517 Å². The van der Waals surface area contributed by atoms with Gasteiger partial charge < -0.3 is 18.9 Å². The van der Waals surface area contributed by atoms with E-state index in [1.807, 2.05) is 30.3 Å². The third kappa shape index (κ3) is 39.9. The van der Waals surface area contributed by atoms with Crippen molar-refractivity contribution in [3.05, 3.63) is 58.7 Å². The lowest BCUT2D eigenvalue weighted by atomic mass is 9.88. The van der Waals surface area contributed by atoms with Crippen LogP contribution in [0.1, 0.15) is 403 Å². The van der Waals surface area contributed by atoms with Gasteiger partial charge in [-0.1, -0.05) is 366 Å². The number of carbonyl (C=O) groups is 4. The molecule has 2 rings (SSSR count). The van der Waals surface area contributed by atoms with E-state index in [0.717, 1.165) is 77.0 Å². The molecule has 2 aromatic carbocycles. The summed E-state index contributed by atoms with van der Waals surface area (Å²) in [4.78, 5) is 58.9. The zero-order valence-corrected chi connectivity index (χ0v) is 55.3. The highest BCUT2D eigenvalue weighted by Gasteiger charge is 2.36. The van der Waals surface area contributed by atoms with Crippen LogP contribution >= 0.6 is 0 Å². The molecular formula is C76H130O8. The van der Waals surface area contributed by atoms with Crippen LogP contribution in [0.3, 0.4) is 0 Å². The summed E-state index contributed by atoms with van der Waals surface area (Å²) >= 11 is 0. The van der Waals surface area contributed by atoms with Gasteiger partial charge in [0.15, 0.2) is 0 Å². The SMILES string of the molecule is CCCCCCCCCCCCCCCOC(=O)c1cc(-c2ccccc2)c(C(=O)OCCCCCCCCCCCCCCC)c(C(=O)OCCCCCCCCCCCCCCC)c1C(=O)OCCCCCCCCCCCCCCC. The van der Waals surface area contributed by atoms with Gasteiger partial charge in [-0.25, -0.2) is 19.2 Å². The summed E-state index contributed by atoms with van der Waals surface area (Å²) in [7, 11) is 0. The monoisotopic (exact) mass is 1170 g/mol. The number of benzene rings is 2. The van der Waals surface area contributed by atoms with Crippen molar-refractivity contribution in [1.29, 1.82) is 0 Å². The molecule has 2 aromatic rings. The van der Waals surface area contributed by atoms with Crippen molar-refractivity contribution < 1.29 is 38.1 Å². The molecule has 8 nitrogen and oxygen atoms in total. The molecule has 8 heteroatoms. The third-order valence-electron chi connectivity index (χ3n) is 17.2. The predicted octanol–water partition coefficient (Wildman–Crippen LogP) is 24.3. The molecule has 0 spiro atoms. The first-order valence-electron chi connectivity index (χ1n) is 36.4. The highest BCUT2D eigenvalue weighted by molar-refractivity contribution is 6.18. The first-order chi connectivity index (χ1) is 41.4. The van der Waals surface area contributed by atoms with Gasteiger partial charge in [0.2, 0.25) is 0 Å². The van der Waals surface area contributed by atoms with Crippen LogP contribution in [0.15, 0.2) is 36.4 Å². The van der Waals surface area contributed by atoms with Crippen LogP contribution in [-0.4, -0.2) is 50.3 Å². The summed E-state index contributed by atoms with van der Waals surface area (Å²) in [6.45, 7) is 9.63. The van der Waals surface area contributed by atoms with E-state index in [4.69, 9.17) is 18.9 Å². The summed E-state index contributed by atoms with van der Waals surface area (Å²) in [5.41, 5.74) is 0.202. The molecule has 482 valence electrons. The van der Waals surface area contributed by atoms with Crippen molar-refractivity contribution in [3.8, 4) is 11.1 Å². The first kappa shape index (κ1) is 76.4. The number of hydrogen-bond donors (Lipinski definition) is 0. The Morgan fingerprint density at radius 2 is 0.464 bits per heavy atom. The van der Waals surface area contributed by atoms with Crippen LogP contribution in [0.5, 0.6) is 0 Å². The molecule has 0 radical (unpaired) electrons. The van der Waals surface area contributed by atoms with Crippen molar-refractivity contribution >= 4 is 23.9 Å². The van der Waals surface area contributed by atoms with Gasteiger partial charge in [-0.15, -0.1) is 0 Å². The van der Waals surface area contributed by atoms with Crippen LogP contribution < -0.4 is 0 Å². The zero-order valence-electron chi connectivity index (χ0n) is 55.3. The zero-order chi connectivity index (χ0) is 60.4. The van der Waals surface area contributed by atoms with E-state index in [2.05, 4.69) is 27.7 Å². The Kier molecular flexibility index (Phi) is 51.9. The molecule has 0 unspecified atom stereocenters. The molecule has 0 saturated carbocycles. The van der Waals surface area contributed by atoms with Gasteiger partial charge in [-0.2, -0.15) is 0 Å². The van der Waals surface area contributed by atoms with Crippen LogP contribution in [0.2, 0.25) is 0 Å². The van der Waals surface area contributed by atoms with Crippen LogP contribution in [0, 0.1) is 0 Å². The van der Waals surface area contributed by atoms with Gasteiger partial charge in [0.25, 0.3) is 0 Å². The Bertz CT molecular complexity index is 1860. The molecule has 0 aliphatic heterocycles. The number of hydrogen-bond acceptors (Lipinski definition) is 8. The second-order valence-electron chi connectivity index (χ2n) is 25.0. The van der Waals surface area contributed by atoms with Crippen molar-refractivity contribution in [2.75, 3.05) is 26.4 Å². The van der Waals surface area contributed by atoms with Crippen molar-refractivity contribution in [3.63, 3.8) is 0 Å². The van der Waals surface area contributed by atoms with E-state index >= 15 is 0 Å². The van der Waals surface area contributed by atoms with Gasteiger partial charge in [-0.05, 0) is 42.9 Å². The lowest BCUT2D eigenvalue weighted by Gasteiger charge is -2.20. The average molecular weight is 1170 g/mol. The molecule has 0 fully saturated rings. The van der Waals surface area contributed by atoms with E-state index in [1.54, 1.807) is 6.07 Å². The molecule has 0 saturated heterocycles. The molecule has 84 heavy (non-hydrogen) atoms. The molecular weight excluding hydrogens is 1040 g/mol. The van der Waals surface area contributed by atoms with E-state index < -0.39 is 23.9 Å². The highest BCUT2D eigenvalue weighted by atomic mass is 16.5. The van der Waals surface area contributed by atoms with E-state index in [0.29, 0.717) is 36.8 Å². The van der Waals surface area contributed by atoms with Crippen LogP contribution in [-0.2, 0) is 18.9 Å². The molecule has 0 aromatic heterocycles. The van der Waals surface area contributed by atoms with Crippen molar-refractivity contribution in [2.24, 2.45) is 0 Å². The van der Waals surface area contributed by atoms with E-state index in [-0.39, 0.29) is 48.7 Å².